The maximum Gasteiger partial charge on any atom is 0.252 e. The van der Waals surface area contributed by atoms with E-state index in [9.17, 15) is 13.2 Å². The summed E-state index contributed by atoms with van der Waals surface area (Å²) in [5, 5.41) is 2.38. The number of aryl methyl sites for hydroxylation is 1. The lowest BCUT2D eigenvalue weighted by Crippen LogP contribution is -2.42. The molecule has 0 radical (unpaired) electrons. The molecule has 0 saturated carbocycles. The van der Waals surface area contributed by atoms with Crippen LogP contribution >= 0.6 is 34.3 Å². The number of thiazole rings is 1. The molecule has 0 spiro atoms. The van der Waals surface area contributed by atoms with Crippen molar-refractivity contribution in [1.29, 1.82) is 0 Å². The van der Waals surface area contributed by atoms with Crippen LogP contribution in [0, 0.1) is 5.92 Å². The summed E-state index contributed by atoms with van der Waals surface area (Å²) in [4.78, 5) is 17.9. The van der Waals surface area contributed by atoms with Crippen LogP contribution < -0.4 is 4.80 Å². The molecule has 3 heterocycles. The van der Waals surface area contributed by atoms with E-state index in [0.717, 1.165) is 10.2 Å². The van der Waals surface area contributed by atoms with Crippen LogP contribution in [0.3, 0.4) is 0 Å². The normalized spacial score (nSPS) is 19.1. The minimum atomic E-state index is -3.56. The summed E-state index contributed by atoms with van der Waals surface area (Å²) in [5.74, 6) is -0.700. The van der Waals surface area contributed by atoms with E-state index in [2.05, 4.69) is 4.99 Å². The molecule has 10 heteroatoms. The first-order valence-electron chi connectivity index (χ1n) is 9.31. The van der Waals surface area contributed by atoms with E-state index < -0.39 is 15.9 Å². The van der Waals surface area contributed by atoms with Gasteiger partial charge in [-0.2, -0.15) is 9.30 Å². The minimum absolute atomic E-state index is 0.172. The quantitative estimate of drug-likeness (QED) is 0.580. The van der Waals surface area contributed by atoms with Gasteiger partial charge in [-0.25, -0.2) is 8.42 Å². The van der Waals surface area contributed by atoms with Crippen LogP contribution in [-0.2, 0) is 21.4 Å². The van der Waals surface area contributed by atoms with Gasteiger partial charge >= 0.3 is 0 Å². The van der Waals surface area contributed by atoms with Gasteiger partial charge in [0.15, 0.2) is 4.80 Å². The number of hydrogen-bond donors (Lipinski definition) is 0. The van der Waals surface area contributed by atoms with E-state index in [1.54, 1.807) is 17.5 Å². The van der Waals surface area contributed by atoms with Crippen molar-refractivity contribution in [2.24, 2.45) is 10.9 Å². The summed E-state index contributed by atoms with van der Waals surface area (Å²) in [6.45, 7) is 3.28. The topological polar surface area (TPSA) is 71.7 Å². The van der Waals surface area contributed by atoms with E-state index in [1.807, 2.05) is 29.7 Å². The molecule has 3 aromatic rings. The standard InChI is InChI=1S/C19H20ClN3O3S3/c1-2-23-15-8-7-14(20)11-16(15)28-19(23)21-18(24)13-5-3-9-22(12-13)29(25,26)17-6-4-10-27-17/h4,6-8,10-11,13H,2-3,5,9,12H2,1H3. The Kier molecular flexibility index (Phi) is 5.94. The molecule has 1 saturated heterocycles. The monoisotopic (exact) mass is 469 g/mol. The van der Waals surface area contributed by atoms with Crippen LogP contribution in [0.5, 0.6) is 0 Å². The minimum Gasteiger partial charge on any atom is -0.317 e. The van der Waals surface area contributed by atoms with Crippen molar-refractivity contribution in [2.45, 2.75) is 30.5 Å². The summed E-state index contributed by atoms with van der Waals surface area (Å²) in [6, 6.07) is 8.94. The van der Waals surface area contributed by atoms with Crippen molar-refractivity contribution in [3.63, 3.8) is 0 Å². The zero-order valence-corrected chi connectivity index (χ0v) is 19.0. The molecule has 1 unspecified atom stereocenters. The molecule has 29 heavy (non-hydrogen) atoms. The Morgan fingerprint density at radius 2 is 2.17 bits per heavy atom. The summed E-state index contributed by atoms with van der Waals surface area (Å²) < 4.78 is 30.3. The molecule has 0 N–H and O–H groups in total. The maximum absolute atomic E-state index is 12.9. The van der Waals surface area contributed by atoms with Gasteiger partial charge in [0.25, 0.3) is 15.9 Å². The second-order valence-electron chi connectivity index (χ2n) is 6.83. The number of sulfonamides is 1. The second kappa shape index (κ2) is 8.31. The Morgan fingerprint density at radius 1 is 1.34 bits per heavy atom. The highest BCUT2D eigenvalue weighted by Gasteiger charge is 2.33. The third-order valence-corrected chi connectivity index (χ3v) is 9.50. The molecule has 6 nitrogen and oxygen atoms in total. The number of thiophene rings is 1. The molecular weight excluding hydrogens is 450 g/mol. The number of amides is 1. The number of carbonyl (C=O) groups excluding carboxylic acids is 1. The van der Waals surface area contributed by atoms with Gasteiger partial charge in [0.1, 0.15) is 4.21 Å². The summed E-state index contributed by atoms with van der Waals surface area (Å²) in [5.41, 5.74) is 0.985. The Hall–Kier alpha value is -1.52. The van der Waals surface area contributed by atoms with Crippen LogP contribution in [0.15, 0.2) is 44.9 Å². The van der Waals surface area contributed by atoms with E-state index in [1.165, 1.54) is 27.0 Å². The smallest absolute Gasteiger partial charge is 0.252 e. The largest absolute Gasteiger partial charge is 0.317 e. The summed E-state index contributed by atoms with van der Waals surface area (Å²) >= 11 is 8.70. The number of halogens is 1. The molecule has 1 atom stereocenters. The van der Waals surface area contributed by atoms with Gasteiger partial charge in [-0.3, -0.25) is 4.79 Å². The Morgan fingerprint density at radius 3 is 2.90 bits per heavy atom. The molecule has 0 aliphatic carbocycles. The molecule has 1 fully saturated rings. The first-order valence-corrected chi connectivity index (χ1v) is 12.8. The summed E-state index contributed by atoms with van der Waals surface area (Å²) in [7, 11) is -3.56. The van der Waals surface area contributed by atoms with Crippen molar-refractivity contribution in [1.82, 2.24) is 8.87 Å². The van der Waals surface area contributed by atoms with Crippen LogP contribution in [-0.4, -0.2) is 36.3 Å². The molecular formula is C19H20ClN3O3S3. The predicted molar refractivity (Wildman–Crippen MR) is 117 cm³/mol. The van der Waals surface area contributed by atoms with Crippen molar-refractivity contribution < 1.29 is 13.2 Å². The molecule has 1 aromatic carbocycles. The lowest BCUT2D eigenvalue weighted by Gasteiger charge is -2.29. The van der Waals surface area contributed by atoms with E-state index in [4.69, 9.17) is 11.6 Å². The molecule has 1 aliphatic rings. The fourth-order valence-electron chi connectivity index (χ4n) is 3.52. The van der Waals surface area contributed by atoms with Crippen molar-refractivity contribution in [3.8, 4) is 0 Å². The summed E-state index contributed by atoms with van der Waals surface area (Å²) in [6.07, 6.45) is 1.29. The molecule has 4 rings (SSSR count). The Balaban J connectivity index is 1.62. The first-order chi connectivity index (χ1) is 13.9. The zero-order chi connectivity index (χ0) is 20.6. The van der Waals surface area contributed by atoms with Gasteiger partial charge in [-0.15, -0.1) is 11.3 Å². The molecule has 0 bridgehead atoms. The molecule has 2 aromatic heterocycles. The predicted octanol–water partition coefficient (Wildman–Crippen LogP) is 3.97. The van der Waals surface area contributed by atoms with Gasteiger partial charge in [-0.05, 0) is 49.4 Å². The van der Waals surface area contributed by atoms with Crippen molar-refractivity contribution >= 4 is 60.4 Å². The SMILES string of the molecule is CCn1c(=NC(=O)C2CCCN(S(=O)(=O)c3cccs3)C2)sc2cc(Cl)ccc21. The van der Waals surface area contributed by atoms with Crippen LogP contribution in [0.4, 0.5) is 0 Å². The van der Waals surface area contributed by atoms with Gasteiger partial charge in [0, 0.05) is 24.7 Å². The van der Waals surface area contributed by atoms with Gasteiger partial charge < -0.3 is 4.57 Å². The number of fused-ring (bicyclic) bond motifs is 1. The van der Waals surface area contributed by atoms with Gasteiger partial charge in [0.2, 0.25) is 0 Å². The van der Waals surface area contributed by atoms with Crippen molar-refractivity contribution in [2.75, 3.05) is 13.1 Å². The van der Waals surface area contributed by atoms with Crippen LogP contribution in [0.25, 0.3) is 10.2 Å². The molecule has 154 valence electrons. The van der Waals surface area contributed by atoms with E-state index >= 15 is 0 Å². The average Bonchev–Trinajstić information content (AvgIpc) is 3.35. The number of benzene rings is 1. The van der Waals surface area contributed by atoms with Crippen LogP contribution in [0.2, 0.25) is 5.02 Å². The number of piperidine rings is 1. The lowest BCUT2D eigenvalue weighted by molar-refractivity contribution is -0.122. The highest BCUT2D eigenvalue weighted by atomic mass is 35.5. The number of hydrogen-bond acceptors (Lipinski definition) is 5. The highest BCUT2D eigenvalue weighted by Crippen LogP contribution is 2.27. The second-order valence-corrected chi connectivity index (χ2v) is 11.4. The average molecular weight is 470 g/mol. The number of nitrogens with zero attached hydrogens (tertiary/aromatic N) is 3. The number of aromatic nitrogens is 1. The van der Waals surface area contributed by atoms with Gasteiger partial charge in [-0.1, -0.05) is 29.0 Å². The fraction of sp³-hybridized carbons (Fsp3) is 0.368. The molecule has 1 amide bonds. The maximum atomic E-state index is 12.9. The zero-order valence-electron chi connectivity index (χ0n) is 15.7. The fourth-order valence-corrected chi connectivity index (χ4v) is 7.57. The van der Waals surface area contributed by atoms with Crippen molar-refractivity contribution in [3.05, 3.63) is 45.5 Å². The van der Waals surface area contributed by atoms with Gasteiger partial charge in [0.05, 0.1) is 16.1 Å². The lowest BCUT2D eigenvalue weighted by atomic mass is 9.99. The highest BCUT2D eigenvalue weighted by molar-refractivity contribution is 7.91. The first kappa shape index (κ1) is 20.7. The molecule has 1 aliphatic heterocycles. The number of carbonyl (C=O) groups is 1. The Bertz CT molecular complexity index is 1210. The third-order valence-electron chi connectivity index (χ3n) is 4.99. The Labute approximate surface area is 182 Å². The van der Waals surface area contributed by atoms with E-state index in [0.29, 0.717) is 40.0 Å². The van der Waals surface area contributed by atoms with Crippen LogP contribution in [0.1, 0.15) is 19.8 Å². The number of rotatable bonds is 4. The third kappa shape index (κ3) is 4.06. The van der Waals surface area contributed by atoms with E-state index in [-0.39, 0.29) is 12.5 Å².